The van der Waals surface area contributed by atoms with E-state index in [0.717, 1.165) is 0 Å². The Labute approximate surface area is 178 Å². The molecule has 0 aromatic rings. The number of aliphatic carboxylic acids is 2. The summed E-state index contributed by atoms with van der Waals surface area (Å²) in [7, 11) is 0. The van der Waals surface area contributed by atoms with Crippen molar-refractivity contribution < 1.29 is 44.4 Å². The number of aliphatic hydroxyl groups is 2. The van der Waals surface area contributed by atoms with Crippen molar-refractivity contribution in [3.63, 3.8) is 0 Å². The zero-order valence-corrected chi connectivity index (χ0v) is 17.1. The molecule has 5 atom stereocenters. The van der Waals surface area contributed by atoms with Gasteiger partial charge in [0, 0.05) is 0 Å². The number of amides is 3. The van der Waals surface area contributed by atoms with Crippen molar-refractivity contribution in [1.82, 2.24) is 16.0 Å². The van der Waals surface area contributed by atoms with Crippen molar-refractivity contribution in [2.24, 2.45) is 11.5 Å². The minimum absolute atomic E-state index is 0.0805. The van der Waals surface area contributed by atoms with Gasteiger partial charge in [0.15, 0.2) is 0 Å². The summed E-state index contributed by atoms with van der Waals surface area (Å²) in [5.74, 6) is -5.93. The van der Waals surface area contributed by atoms with Gasteiger partial charge in [-0.3, -0.25) is 19.2 Å². The highest BCUT2D eigenvalue weighted by Crippen LogP contribution is 2.04. The maximum atomic E-state index is 12.7. The predicted octanol–water partition coefficient (Wildman–Crippen LogP) is -4.17. The van der Waals surface area contributed by atoms with Crippen LogP contribution in [0.4, 0.5) is 0 Å². The highest BCUT2D eigenvalue weighted by molar-refractivity contribution is 5.95. The van der Waals surface area contributed by atoms with Gasteiger partial charge in [-0.05, 0) is 32.7 Å². The molecule has 5 unspecified atom stereocenters. The molecule has 0 aromatic carbocycles. The number of unbranched alkanes of at least 4 members (excludes halogenated alkanes) is 1. The summed E-state index contributed by atoms with van der Waals surface area (Å²) in [4.78, 5) is 59.1. The van der Waals surface area contributed by atoms with Crippen LogP contribution in [0.2, 0.25) is 0 Å². The molecule has 0 spiro atoms. The Bertz CT molecular complexity index is 643. The lowest BCUT2D eigenvalue weighted by Crippen LogP contribution is -2.58. The molecule has 14 nitrogen and oxygen atoms in total. The number of hydrogen-bond acceptors (Lipinski definition) is 9. The number of aliphatic hydroxyl groups excluding tert-OH is 2. The number of carboxylic acids is 2. The molecule has 0 aliphatic carbocycles. The first-order chi connectivity index (χ1) is 14.4. The van der Waals surface area contributed by atoms with Crippen molar-refractivity contribution >= 4 is 29.7 Å². The standard InChI is InChI=1S/C17H31N5O9/c1-8(24)13(19)16(29)20-9(4-2-3-5-18)14(27)21-10(6-12(25)26)15(28)22-11(7-23)17(30)31/h8-11,13,23-24H,2-7,18-19H2,1H3,(H,20,29)(H,21,27)(H,22,28)(H,25,26)(H,30,31). The van der Waals surface area contributed by atoms with Crippen molar-refractivity contribution in [3.05, 3.63) is 0 Å². The molecule has 31 heavy (non-hydrogen) atoms. The van der Waals surface area contributed by atoms with Gasteiger partial charge in [-0.25, -0.2) is 4.79 Å². The van der Waals surface area contributed by atoms with E-state index in [1.54, 1.807) is 0 Å². The molecule has 0 aromatic heterocycles. The van der Waals surface area contributed by atoms with E-state index in [1.165, 1.54) is 6.92 Å². The summed E-state index contributed by atoms with van der Waals surface area (Å²) in [5, 5.41) is 42.8. The molecule has 14 heteroatoms. The van der Waals surface area contributed by atoms with Gasteiger partial charge in [0.25, 0.3) is 0 Å². The number of nitrogens with two attached hydrogens (primary N) is 2. The molecule has 0 saturated heterocycles. The number of nitrogens with one attached hydrogen (secondary N) is 3. The third kappa shape index (κ3) is 10.7. The Balaban J connectivity index is 5.43. The largest absolute Gasteiger partial charge is 0.481 e. The first-order valence-corrected chi connectivity index (χ1v) is 9.54. The second-order valence-corrected chi connectivity index (χ2v) is 6.85. The lowest BCUT2D eigenvalue weighted by molar-refractivity contribution is -0.144. The molecular weight excluding hydrogens is 418 g/mol. The minimum Gasteiger partial charge on any atom is -0.481 e. The maximum absolute atomic E-state index is 12.7. The van der Waals surface area contributed by atoms with Gasteiger partial charge in [0.2, 0.25) is 17.7 Å². The summed E-state index contributed by atoms with van der Waals surface area (Å²) >= 11 is 0. The SMILES string of the molecule is CC(O)C(N)C(=O)NC(CCCCN)C(=O)NC(CC(=O)O)C(=O)NC(CO)C(=O)O. The van der Waals surface area contributed by atoms with Crippen LogP contribution in [0.25, 0.3) is 0 Å². The van der Waals surface area contributed by atoms with Crippen LogP contribution in [0.1, 0.15) is 32.6 Å². The summed E-state index contributed by atoms with van der Waals surface area (Å²) in [5.41, 5.74) is 11.0. The molecule has 0 fully saturated rings. The fourth-order valence-electron chi connectivity index (χ4n) is 2.36. The monoisotopic (exact) mass is 449 g/mol. The third-order valence-corrected chi connectivity index (χ3v) is 4.21. The zero-order chi connectivity index (χ0) is 24.1. The summed E-state index contributed by atoms with van der Waals surface area (Å²) in [6.07, 6.45) is -1.09. The molecule has 0 aliphatic heterocycles. The molecule has 3 amide bonds. The second-order valence-electron chi connectivity index (χ2n) is 6.85. The molecule has 11 N–H and O–H groups in total. The quantitative estimate of drug-likeness (QED) is 0.108. The Kier molecular flexibility index (Phi) is 12.9. The van der Waals surface area contributed by atoms with Crippen LogP contribution in [0, 0.1) is 0 Å². The van der Waals surface area contributed by atoms with Crippen LogP contribution in [0.15, 0.2) is 0 Å². The zero-order valence-electron chi connectivity index (χ0n) is 17.1. The summed E-state index contributed by atoms with van der Waals surface area (Å²) in [6, 6.07) is -5.94. The van der Waals surface area contributed by atoms with Crippen molar-refractivity contribution in [3.8, 4) is 0 Å². The van der Waals surface area contributed by atoms with E-state index < -0.39 is 73.0 Å². The lowest BCUT2D eigenvalue weighted by atomic mass is 10.1. The molecule has 0 aliphatic rings. The van der Waals surface area contributed by atoms with Crippen molar-refractivity contribution in [2.45, 2.75) is 62.9 Å². The number of carbonyl (C=O) groups is 5. The number of carboxylic acid groups (broad SMARTS) is 2. The molecule has 0 heterocycles. The van der Waals surface area contributed by atoms with Gasteiger partial charge >= 0.3 is 11.9 Å². The van der Waals surface area contributed by atoms with E-state index in [-0.39, 0.29) is 6.42 Å². The van der Waals surface area contributed by atoms with Gasteiger partial charge in [-0.2, -0.15) is 0 Å². The number of carbonyl (C=O) groups excluding carboxylic acids is 3. The normalized spacial score (nSPS) is 15.6. The maximum Gasteiger partial charge on any atom is 0.328 e. The van der Waals surface area contributed by atoms with Crippen LogP contribution >= 0.6 is 0 Å². The van der Waals surface area contributed by atoms with Crippen LogP contribution < -0.4 is 27.4 Å². The van der Waals surface area contributed by atoms with Crippen LogP contribution in [-0.2, 0) is 24.0 Å². The van der Waals surface area contributed by atoms with E-state index in [9.17, 15) is 29.1 Å². The number of rotatable bonds is 15. The van der Waals surface area contributed by atoms with Crippen LogP contribution in [-0.4, -0.2) is 93.5 Å². The van der Waals surface area contributed by atoms with Gasteiger partial charge in [-0.15, -0.1) is 0 Å². The Morgan fingerprint density at radius 1 is 0.871 bits per heavy atom. The molecule has 178 valence electrons. The van der Waals surface area contributed by atoms with E-state index in [2.05, 4.69) is 10.6 Å². The fourth-order valence-corrected chi connectivity index (χ4v) is 2.36. The second kappa shape index (κ2) is 14.2. The smallest absolute Gasteiger partial charge is 0.328 e. The molecule has 0 bridgehead atoms. The molecule has 0 rings (SSSR count). The van der Waals surface area contributed by atoms with E-state index in [4.69, 9.17) is 26.8 Å². The molecular formula is C17H31N5O9. The summed E-state index contributed by atoms with van der Waals surface area (Å²) in [6.45, 7) is 0.641. The highest BCUT2D eigenvalue weighted by Gasteiger charge is 2.31. The minimum atomic E-state index is -1.70. The molecule has 0 radical (unpaired) electrons. The van der Waals surface area contributed by atoms with E-state index >= 15 is 0 Å². The summed E-state index contributed by atoms with van der Waals surface area (Å²) < 4.78 is 0. The third-order valence-electron chi connectivity index (χ3n) is 4.21. The topological polar surface area (TPSA) is 254 Å². The van der Waals surface area contributed by atoms with Crippen LogP contribution in [0.5, 0.6) is 0 Å². The van der Waals surface area contributed by atoms with E-state index in [0.29, 0.717) is 19.4 Å². The number of hydrogen-bond donors (Lipinski definition) is 9. The van der Waals surface area contributed by atoms with Gasteiger partial charge in [0.05, 0.1) is 19.1 Å². The Hall–Kier alpha value is -2.81. The Morgan fingerprint density at radius 3 is 1.84 bits per heavy atom. The lowest BCUT2D eigenvalue weighted by Gasteiger charge is -2.24. The fraction of sp³-hybridized carbons (Fsp3) is 0.706. The predicted molar refractivity (Wildman–Crippen MR) is 105 cm³/mol. The average Bonchev–Trinajstić information content (AvgIpc) is 2.68. The van der Waals surface area contributed by atoms with Crippen LogP contribution in [0.3, 0.4) is 0 Å². The van der Waals surface area contributed by atoms with Gasteiger partial charge in [0.1, 0.15) is 24.2 Å². The first-order valence-electron chi connectivity index (χ1n) is 9.54. The average molecular weight is 449 g/mol. The highest BCUT2D eigenvalue weighted by atomic mass is 16.4. The first kappa shape index (κ1) is 28.2. The van der Waals surface area contributed by atoms with E-state index in [1.807, 2.05) is 5.32 Å². The Morgan fingerprint density at radius 2 is 1.39 bits per heavy atom. The van der Waals surface area contributed by atoms with Gasteiger partial charge < -0.3 is 47.8 Å². The van der Waals surface area contributed by atoms with Gasteiger partial charge in [-0.1, -0.05) is 0 Å². The molecule has 0 saturated carbocycles. The van der Waals surface area contributed by atoms with Crippen molar-refractivity contribution in [2.75, 3.05) is 13.2 Å². The van der Waals surface area contributed by atoms with Crippen molar-refractivity contribution in [1.29, 1.82) is 0 Å².